The van der Waals surface area contributed by atoms with Crippen LogP contribution in [0.4, 0.5) is 0 Å². The number of halogens is 1. The number of furan rings is 1. The Balaban J connectivity index is 2.33. The van der Waals surface area contributed by atoms with Gasteiger partial charge in [0.25, 0.3) is 0 Å². The van der Waals surface area contributed by atoms with Crippen molar-refractivity contribution in [2.75, 3.05) is 0 Å². The van der Waals surface area contributed by atoms with Crippen molar-refractivity contribution in [3.05, 3.63) is 48.4 Å². The van der Waals surface area contributed by atoms with Gasteiger partial charge in [-0.1, -0.05) is 46.9 Å². The van der Waals surface area contributed by atoms with Gasteiger partial charge in [-0.25, -0.2) is 0 Å². The summed E-state index contributed by atoms with van der Waals surface area (Å²) in [5, 5.41) is 0. The molecule has 0 atom stereocenters. The standard InChI is InChI=1S/C11H9IO/c12-7-9-1-3-10(4-2-9)11-5-6-13-8-11/h1-6,8H,7H2. The first kappa shape index (κ1) is 8.81. The minimum atomic E-state index is 1.06. The minimum Gasteiger partial charge on any atom is -0.472 e. The van der Waals surface area contributed by atoms with E-state index in [0.29, 0.717) is 0 Å². The summed E-state index contributed by atoms with van der Waals surface area (Å²) in [7, 11) is 0. The Bertz CT molecular complexity index is 361. The molecular formula is C11H9IO. The molecule has 1 aromatic heterocycles. The second-order valence-electron chi connectivity index (χ2n) is 2.84. The first-order valence-corrected chi connectivity index (χ1v) is 5.60. The first-order valence-electron chi connectivity index (χ1n) is 4.07. The molecule has 66 valence electrons. The highest BCUT2D eigenvalue weighted by Gasteiger charge is 1.97. The fraction of sp³-hybridized carbons (Fsp3) is 0.0909. The van der Waals surface area contributed by atoms with Crippen molar-refractivity contribution in [1.29, 1.82) is 0 Å². The van der Waals surface area contributed by atoms with Gasteiger partial charge in [-0.2, -0.15) is 0 Å². The maximum absolute atomic E-state index is 5.02. The van der Waals surface area contributed by atoms with Crippen LogP contribution >= 0.6 is 22.6 Å². The van der Waals surface area contributed by atoms with Gasteiger partial charge in [0.2, 0.25) is 0 Å². The van der Waals surface area contributed by atoms with Crippen molar-refractivity contribution in [3.8, 4) is 11.1 Å². The van der Waals surface area contributed by atoms with Gasteiger partial charge in [0, 0.05) is 9.99 Å². The maximum atomic E-state index is 5.02. The zero-order valence-electron chi connectivity index (χ0n) is 7.03. The molecule has 0 aliphatic heterocycles. The van der Waals surface area contributed by atoms with Gasteiger partial charge in [-0.05, 0) is 17.2 Å². The average Bonchev–Trinajstić information content (AvgIpc) is 2.71. The summed E-state index contributed by atoms with van der Waals surface area (Å²) in [4.78, 5) is 0. The van der Waals surface area contributed by atoms with Gasteiger partial charge in [-0.3, -0.25) is 0 Å². The molecule has 0 saturated heterocycles. The third kappa shape index (κ3) is 1.94. The molecule has 0 saturated carbocycles. The maximum Gasteiger partial charge on any atom is 0.0980 e. The highest BCUT2D eigenvalue weighted by atomic mass is 127. The summed E-state index contributed by atoms with van der Waals surface area (Å²) >= 11 is 2.36. The van der Waals surface area contributed by atoms with E-state index in [4.69, 9.17) is 4.42 Å². The lowest BCUT2D eigenvalue weighted by molar-refractivity contribution is 0.568. The molecular weight excluding hydrogens is 275 g/mol. The molecule has 0 amide bonds. The molecule has 2 aromatic rings. The molecule has 1 heterocycles. The van der Waals surface area contributed by atoms with E-state index < -0.39 is 0 Å². The smallest absolute Gasteiger partial charge is 0.0980 e. The summed E-state index contributed by atoms with van der Waals surface area (Å²) in [6.07, 6.45) is 3.46. The molecule has 0 unspecified atom stereocenters. The predicted octanol–water partition coefficient (Wildman–Crippen LogP) is 3.88. The molecule has 0 spiro atoms. The van der Waals surface area contributed by atoms with Crippen LogP contribution < -0.4 is 0 Å². The normalized spacial score (nSPS) is 10.2. The van der Waals surface area contributed by atoms with E-state index in [1.165, 1.54) is 11.1 Å². The van der Waals surface area contributed by atoms with E-state index in [2.05, 4.69) is 46.9 Å². The van der Waals surface area contributed by atoms with E-state index in [-0.39, 0.29) is 0 Å². The molecule has 1 aromatic carbocycles. The van der Waals surface area contributed by atoms with Crippen LogP contribution in [0.25, 0.3) is 11.1 Å². The van der Waals surface area contributed by atoms with Gasteiger partial charge in [-0.15, -0.1) is 0 Å². The summed E-state index contributed by atoms with van der Waals surface area (Å²) in [5.74, 6) is 0. The highest BCUT2D eigenvalue weighted by molar-refractivity contribution is 14.1. The van der Waals surface area contributed by atoms with E-state index in [9.17, 15) is 0 Å². The molecule has 2 heteroatoms. The minimum absolute atomic E-state index is 1.06. The zero-order valence-corrected chi connectivity index (χ0v) is 9.19. The Morgan fingerprint density at radius 2 is 1.77 bits per heavy atom. The van der Waals surface area contributed by atoms with Crippen molar-refractivity contribution < 1.29 is 4.42 Å². The number of benzene rings is 1. The summed E-state index contributed by atoms with van der Waals surface area (Å²) < 4.78 is 6.08. The molecule has 1 nitrogen and oxygen atoms in total. The molecule has 2 rings (SSSR count). The predicted molar refractivity (Wildman–Crippen MR) is 61.9 cm³/mol. The van der Waals surface area contributed by atoms with Crippen molar-refractivity contribution in [2.24, 2.45) is 0 Å². The van der Waals surface area contributed by atoms with Crippen LogP contribution in [0.5, 0.6) is 0 Å². The fourth-order valence-corrected chi connectivity index (χ4v) is 1.72. The van der Waals surface area contributed by atoms with Gasteiger partial charge in [0.15, 0.2) is 0 Å². The third-order valence-corrected chi connectivity index (χ3v) is 2.84. The first-order chi connectivity index (χ1) is 6.40. The van der Waals surface area contributed by atoms with Gasteiger partial charge in [0.1, 0.15) is 0 Å². The fourth-order valence-electron chi connectivity index (χ4n) is 1.22. The van der Waals surface area contributed by atoms with Crippen LogP contribution in [0.2, 0.25) is 0 Å². The van der Waals surface area contributed by atoms with E-state index in [0.717, 1.165) is 9.99 Å². The van der Waals surface area contributed by atoms with Crippen molar-refractivity contribution >= 4 is 22.6 Å². The summed E-state index contributed by atoms with van der Waals surface area (Å²) in [6, 6.07) is 10.5. The number of hydrogen-bond acceptors (Lipinski definition) is 1. The van der Waals surface area contributed by atoms with Gasteiger partial charge < -0.3 is 4.42 Å². The third-order valence-electron chi connectivity index (χ3n) is 1.96. The van der Waals surface area contributed by atoms with E-state index in [1.54, 1.807) is 12.5 Å². The second-order valence-corrected chi connectivity index (χ2v) is 3.61. The molecule has 0 radical (unpaired) electrons. The zero-order chi connectivity index (χ0) is 9.10. The summed E-state index contributed by atoms with van der Waals surface area (Å²) in [6.45, 7) is 0. The van der Waals surface area contributed by atoms with Crippen LogP contribution in [0.1, 0.15) is 5.56 Å². The van der Waals surface area contributed by atoms with E-state index in [1.807, 2.05) is 6.07 Å². The number of rotatable bonds is 2. The topological polar surface area (TPSA) is 13.1 Å². The quantitative estimate of drug-likeness (QED) is 0.602. The van der Waals surface area contributed by atoms with Crippen LogP contribution in [0, 0.1) is 0 Å². The van der Waals surface area contributed by atoms with E-state index >= 15 is 0 Å². The monoisotopic (exact) mass is 284 g/mol. The molecule has 0 fully saturated rings. The molecule has 0 bridgehead atoms. The molecule has 0 aliphatic rings. The Labute approximate surface area is 90.9 Å². The largest absolute Gasteiger partial charge is 0.472 e. The van der Waals surface area contributed by atoms with Crippen molar-refractivity contribution in [1.82, 2.24) is 0 Å². The van der Waals surface area contributed by atoms with Crippen molar-refractivity contribution in [2.45, 2.75) is 4.43 Å². The molecule has 13 heavy (non-hydrogen) atoms. The number of hydrogen-bond donors (Lipinski definition) is 0. The summed E-state index contributed by atoms with van der Waals surface area (Å²) in [5.41, 5.74) is 3.70. The average molecular weight is 284 g/mol. The van der Waals surface area contributed by atoms with Gasteiger partial charge in [0.05, 0.1) is 12.5 Å². The Morgan fingerprint density at radius 1 is 1.00 bits per heavy atom. The lowest BCUT2D eigenvalue weighted by Gasteiger charge is -1.98. The van der Waals surface area contributed by atoms with Crippen LogP contribution in [0.15, 0.2) is 47.3 Å². The number of alkyl halides is 1. The Kier molecular flexibility index (Phi) is 2.68. The van der Waals surface area contributed by atoms with Crippen LogP contribution in [-0.2, 0) is 4.43 Å². The van der Waals surface area contributed by atoms with Crippen LogP contribution in [0.3, 0.4) is 0 Å². The van der Waals surface area contributed by atoms with Crippen molar-refractivity contribution in [3.63, 3.8) is 0 Å². The lowest BCUT2D eigenvalue weighted by atomic mass is 10.1. The SMILES string of the molecule is ICc1ccc(-c2ccoc2)cc1. The highest BCUT2D eigenvalue weighted by Crippen LogP contribution is 2.20. The van der Waals surface area contributed by atoms with Crippen LogP contribution in [-0.4, -0.2) is 0 Å². The Morgan fingerprint density at radius 3 is 2.31 bits per heavy atom. The molecule has 0 aliphatic carbocycles. The Hall–Kier alpha value is -0.770. The molecule has 0 N–H and O–H groups in total. The second kappa shape index (κ2) is 3.96. The lowest BCUT2D eigenvalue weighted by Crippen LogP contribution is -1.77. The van der Waals surface area contributed by atoms with Gasteiger partial charge >= 0.3 is 0 Å².